The Kier molecular flexibility index (Phi) is 3.48. The molecule has 3 rings (SSSR count). The minimum absolute atomic E-state index is 0.160. The van der Waals surface area contributed by atoms with Gasteiger partial charge in [-0.25, -0.2) is 0 Å². The summed E-state index contributed by atoms with van der Waals surface area (Å²) in [7, 11) is 0. The summed E-state index contributed by atoms with van der Waals surface area (Å²) in [5, 5.41) is 20.2. The first-order chi connectivity index (χ1) is 9.15. The highest BCUT2D eigenvalue weighted by Crippen LogP contribution is 2.37. The lowest BCUT2D eigenvalue weighted by atomic mass is 9.98. The summed E-state index contributed by atoms with van der Waals surface area (Å²) >= 11 is 0. The Labute approximate surface area is 113 Å². The Hall–Kier alpha value is -1.10. The molecule has 2 aliphatic heterocycles. The predicted octanol–water partition coefficient (Wildman–Crippen LogP) is 1.29. The topological polar surface area (TPSA) is 69.7 Å². The van der Waals surface area contributed by atoms with Crippen molar-refractivity contribution in [1.82, 2.24) is 4.90 Å². The molecule has 2 heterocycles. The molecule has 4 N–H and O–H groups in total. The van der Waals surface area contributed by atoms with E-state index >= 15 is 0 Å². The van der Waals surface area contributed by atoms with Crippen LogP contribution in [-0.4, -0.2) is 39.8 Å². The number of rotatable bonds is 3. The molecule has 19 heavy (non-hydrogen) atoms. The van der Waals surface area contributed by atoms with E-state index in [1.807, 2.05) is 24.3 Å². The van der Waals surface area contributed by atoms with Crippen molar-refractivity contribution in [2.45, 2.75) is 50.0 Å². The molecule has 1 aromatic rings. The maximum atomic E-state index is 10.4. The number of para-hydroxylation sites is 1. The molecule has 0 saturated carbocycles. The number of fused-ring (bicyclic) bond motifs is 2. The fourth-order valence-electron chi connectivity index (χ4n) is 3.66. The van der Waals surface area contributed by atoms with Crippen LogP contribution in [0.3, 0.4) is 0 Å². The van der Waals surface area contributed by atoms with Crippen LogP contribution in [0.4, 0.5) is 5.69 Å². The average Bonchev–Trinajstić information content (AvgIpc) is 2.62. The molecule has 4 heteroatoms. The molecule has 0 spiro atoms. The van der Waals surface area contributed by atoms with Crippen LogP contribution in [-0.2, 0) is 0 Å². The molecule has 0 aliphatic carbocycles. The summed E-state index contributed by atoms with van der Waals surface area (Å²) in [6.07, 6.45) is 3.26. The Bertz CT molecular complexity index is 438. The molecule has 3 unspecified atom stereocenters. The fraction of sp³-hybridized carbons (Fsp3) is 0.600. The fourth-order valence-corrected chi connectivity index (χ4v) is 3.66. The van der Waals surface area contributed by atoms with E-state index in [1.165, 1.54) is 0 Å². The molecule has 2 saturated heterocycles. The van der Waals surface area contributed by atoms with Crippen molar-refractivity contribution in [1.29, 1.82) is 0 Å². The van der Waals surface area contributed by atoms with Crippen LogP contribution in [0.2, 0.25) is 0 Å². The molecule has 0 radical (unpaired) electrons. The molecule has 2 aliphatic rings. The number of nitrogen functional groups attached to an aromatic ring is 1. The van der Waals surface area contributed by atoms with E-state index in [1.54, 1.807) is 0 Å². The van der Waals surface area contributed by atoms with Gasteiger partial charge in [0, 0.05) is 29.9 Å². The highest BCUT2D eigenvalue weighted by molar-refractivity contribution is 5.47. The first-order valence-corrected chi connectivity index (χ1v) is 7.11. The van der Waals surface area contributed by atoms with Crippen LogP contribution in [0.5, 0.6) is 0 Å². The number of hydrogen-bond acceptors (Lipinski definition) is 4. The van der Waals surface area contributed by atoms with Gasteiger partial charge in [-0.1, -0.05) is 18.2 Å². The van der Waals surface area contributed by atoms with Crippen molar-refractivity contribution < 1.29 is 10.2 Å². The number of piperidine rings is 1. The van der Waals surface area contributed by atoms with Crippen molar-refractivity contribution in [2.75, 3.05) is 12.3 Å². The maximum Gasteiger partial charge on any atom is 0.0936 e. The summed E-state index contributed by atoms with van der Waals surface area (Å²) in [6.45, 7) is 0.621. The van der Waals surface area contributed by atoms with Crippen LogP contribution >= 0.6 is 0 Å². The summed E-state index contributed by atoms with van der Waals surface area (Å²) < 4.78 is 0. The molecule has 0 amide bonds. The quantitative estimate of drug-likeness (QED) is 0.718. The second kappa shape index (κ2) is 5.12. The first-order valence-electron chi connectivity index (χ1n) is 7.11. The van der Waals surface area contributed by atoms with Gasteiger partial charge in [0.05, 0.1) is 12.2 Å². The number of anilines is 1. The highest BCUT2D eigenvalue weighted by atomic mass is 16.3. The normalized spacial score (nSPS) is 32.4. The number of nitrogens with zero attached hydrogens (tertiary/aromatic N) is 1. The minimum atomic E-state index is -0.542. The van der Waals surface area contributed by atoms with Gasteiger partial charge in [-0.05, 0) is 31.7 Å². The molecule has 1 aromatic carbocycles. The van der Waals surface area contributed by atoms with Gasteiger partial charge in [0.25, 0.3) is 0 Å². The van der Waals surface area contributed by atoms with E-state index in [4.69, 9.17) is 5.73 Å². The van der Waals surface area contributed by atoms with Crippen LogP contribution in [0.25, 0.3) is 0 Å². The van der Waals surface area contributed by atoms with Gasteiger partial charge >= 0.3 is 0 Å². The van der Waals surface area contributed by atoms with E-state index in [-0.39, 0.29) is 6.10 Å². The largest absolute Gasteiger partial charge is 0.398 e. The van der Waals surface area contributed by atoms with Crippen molar-refractivity contribution in [3.63, 3.8) is 0 Å². The molecule has 2 bridgehead atoms. The molecule has 2 fully saturated rings. The number of aliphatic hydroxyl groups excluding tert-OH is 2. The lowest BCUT2D eigenvalue weighted by Crippen LogP contribution is -2.46. The molecule has 0 aromatic heterocycles. The van der Waals surface area contributed by atoms with E-state index in [9.17, 15) is 10.2 Å². The third-order valence-electron chi connectivity index (χ3n) is 4.60. The zero-order chi connectivity index (χ0) is 13.4. The van der Waals surface area contributed by atoms with Crippen molar-refractivity contribution in [3.8, 4) is 0 Å². The molecule has 3 atom stereocenters. The number of benzene rings is 1. The Morgan fingerprint density at radius 1 is 1.21 bits per heavy atom. The number of aliphatic hydroxyl groups is 2. The number of hydrogen-bond donors (Lipinski definition) is 3. The van der Waals surface area contributed by atoms with Gasteiger partial charge in [-0.3, -0.25) is 4.90 Å². The monoisotopic (exact) mass is 262 g/mol. The average molecular weight is 262 g/mol. The second-order valence-corrected chi connectivity index (χ2v) is 5.85. The Morgan fingerprint density at radius 2 is 1.84 bits per heavy atom. The van der Waals surface area contributed by atoms with Crippen molar-refractivity contribution in [2.24, 2.45) is 0 Å². The van der Waals surface area contributed by atoms with Gasteiger partial charge in [0.15, 0.2) is 0 Å². The van der Waals surface area contributed by atoms with E-state index in [2.05, 4.69) is 4.90 Å². The van der Waals surface area contributed by atoms with E-state index < -0.39 is 6.10 Å². The van der Waals surface area contributed by atoms with Crippen LogP contribution in [0.15, 0.2) is 24.3 Å². The highest BCUT2D eigenvalue weighted by Gasteiger charge is 2.40. The van der Waals surface area contributed by atoms with Crippen molar-refractivity contribution in [3.05, 3.63) is 29.8 Å². The zero-order valence-corrected chi connectivity index (χ0v) is 11.1. The smallest absolute Gasteiger partial charge is 0.0936 e. The molecule has 104 valence electrons. The Morgan fingerprint density at radius 3 is 2.47 bits per heavy atom. The maximum absolute atomic E-state index is 10.4. The van der Waals surface area contributed by atoms with E-state index in [0.29, 0.717) is 24.3 Å². The molecular formula is C15H22N2O2. The van der Waals surface area contributed by atoms with Gasteiger partial charge in [-0.15, -0.1) is 0 Å². The third-order valence-corrected chi connectivity index (χ3v) is 4.60. The summed E-state index contributed by atoms with van der Waals surface area (Å²) in [6, 6.07) is 8.35. The van der Waals surface area contributed by atoms with Crippen LogP contribution in [0, 0.1) is 0 Å². The van der Waals surface area contributed by atoms with E-state index in [0.717, 1.165) is 31.2 Å². The Balaban J connectivity index is 1.71. The lowest BCUT2D eigenvalue weighted by molar-refractivity contribution is 0.00814. The minimum Gasteiger partial charge on any atom is -0.398 e. The molecular weight excluding hydrogens is 240 g/mol. The SMILES string of the molecule is Nc1ccccc1C(O)CN1C2CCC1CC(O)C2. The van der Waals surface area contributed by atoms with Gasteiger partial charge in [-0.2, -0.15) is 0 Å². The summed E-state index contributed by atoms with van der Waals surface area (Å²) in [5.41, 5.74) is 7.38. The van der Waals surface area contributed by atoms with Gasteiger partial charge < -0.3 is 15.9 Å². The van der Waals surface area contributed by atoms with Crippen molar-refractivity contribution >= 4 is 5.69 Å². The second-order valence-electron chi connectivity index (χ2n) is 5.85. The third kappa shape index (κ3) is 2.48. The lowest BCUT2D eigenvalue weighted by Gasteiger charge is -2.38. The van der Waals surface area contributed by atoms with Gasteiger partial charge in [0.1, 0.15) is 0 Å². The first kappa shape index (κ1) is 12.9. The molecule has 4 nitrogen and oxygen atoms in total. The van der Waals surface area contributed by atoms with Crippen LogP contribution < -0.4 is 5.73 Å². The summed E-state index contributed by atoms with van der Waals surface area (Å²) in [5.74, 6) is 0. The predicted molar refractivity (Wildman–Crippen MR) is 74.6 cm³/mol. The summed E-state index contributed by atoms with van der Waals surface area (Å²) in [4.78, 5) is 2.36. The number of nitrogens with two attached hydrogens (primary N) is 1. The van der Waals surface area contributed by atoms with Crippen LogP contribution in [0.1, 0.15) is 37.4 Å². The van der Waals surface area contributed by atoms with Gasteiger partial charge in [0.2, 0.25) is 0 Å². The zero-order valence-electron chi connectivity index (χ0n) is 11.1. The standard InChI is InChI=1S/C15H22N2O2/c16-14-4-2-1-3-13(14)15(19)9-17-10-5-6-11(17)8-12(18)7-10/h1-4,10-12,15,18-19H,5-9,16H2.